The van der Waals surface area contributed by atoms with Crippen LogP contribution in [0.25, 0.3) is 0 Å². The molecule has 0 fully saturated rings. The number of benzene rings is 2. The van der Waals surface area contributed by atoms with Crippen LogP contribution in [0.15, 0.2) is 42.5 Å². The summed E-state index contributed by atoms with van der Waals surface area (Å²) in [5.74, 6) is 0.586. The molecule has 1 aliphatic rings. The zero-order valence-electron chi connectivity index (χ0n) is 21.5. The van der Waals surface area contributed by atoms with Crippen LogP contribution >= 0.6 is 0 Å². The number of nitrogens with zero attached hydrogens (tertiary/aromatic N) is 2. The quantitative estimate of drug-likeness (QED) is 0.491. The predicted molar refractivity (Wildman–Crippen MR) is 138 cm³/mol. The molecule has 2 aromatic carbocycles. The second-order valence-electron chi connectivity index (χ2n) is 9.26. The van der Waals surface area contributed by atoms with Crippen molar-refractivity contribution in [1.29, 1.82) is 0 Å². The van der Waals surface area contributed by atoms with E-state index in [1.165, 1.54) is 4.31 Å². The van der Waals surface area contributed by atoms with E-state index in [-0.39, 0.29) is 50.6 Å². The van der Waals surface area contributed by atoms with Crippen LogP contribution < -0.4 is 19.1 Å². The molecule has 0 bridgehead atoms. The van der Waals surface area contributed by atoms with Crippen LogP contribution in [0.1, 0.15) is 44.7 Å². The number of amides is 2. The first kappa shape index (κ1) is 27.3. The van der Waals surface area contributed by atoms with Crippen molar-refractivity contribution >= 4 is 27.5 Å². The molecule has 2 amide bonds. The predicted octanol–water partition coefficient (Wildman–Crippen LogP) is 3.21. The van der Waals surface area contributed by atoms with E-state index in [0.717, 1.165) is 17.4 Å². The average Bonchev–Trinajstić information content (AvgIpc) is 3.27. The first-order valence-corrected chi connectivity index (χ1v) is 13.8. The Morgan fingerprint density at radius 1 is 1.06 bits per heavy atom. The Kier molecular flexibility index (Phi) is 8.84. The minimum Gasteiger partial charge on any atom is -0.454 e. The van der Waals surface area contributed by atoms with Gasteiger partial charge >= 0.3 is 0 Å². The van der Waals surface area contributed by atoms with Crippen molar-refractivity contribution in [2.75, 3.05) is 23.9 Å². The lowest BCUT2D eigenvalue weighted by Gasteiger charge is -2.30. The first-order valence-electron chi connectivity index (χ1n) is 12.0. The van der Waals surface area contributed by atoms with Crippen LogP contribution in [0.2, 0.25) is 0 Å². The van der Waals surface area contributed by atoms with Gasteiger partial charge in [0.2, 0.25) is 28.6 Å². The fourth-order valence-corrected chi connectivity index (χ4v) is 4.96. The summed E-state index contributed by atoms with van der Waals surface area (Å²) in [5.41, 5.74) is 2.42. The molecule has 1 atom stereocenters. The fraction of sp³-hybridized carbons (Fsp3) is 0.462. The van der Waals surface area contributed by atoms with Gasteiger partial charge in [-0.1, -0.05) is 24.3 Å². The van der Waals surface area contributed by atoms with Gasteiger partial charge < -0.3 is 19.7 Å². The minimum absolute atomic E-state index is 0.0552. The highest BCUT2D eigenvalue weighted by Gasteiger charge is 2.27. The van der Waals surface area contributed by atoms with E-state index in [2.05, 4.69) is 5.32 Å². The molecular formula is C26H35N3O6S. The molecule has 0 aliphatic carbocycles. The first-order chi connectivity index (χ1) is 17.0. The number of rotatable bonds is 11. The van der Waals surface area contributed by atoms with Crippen LogP contribution in [0.4, 0.5) is 5.69 Å². The number of anilines is 1. The standard InChI is InChI=1S/C26H35N3O6S/c1-18(2)27-26(31)20(4)28(16-21-10-7-6-9-19(21)3)25(30)11-8-14-29(36(5,32)33)22-12-13-23-24(15-22)35-17-34-23/h6-7,9-10,12-13,15,18,20H,8,11,14,16-17H2,1-5H3,(H,27,31). The van der Waals surface area contributed by atoms with Crippen molar-refractivity contribution in [1.82, 2.24) is 10.2 Å². The highest BCUT2D eigenvalue weighted by molar-refractivity contribution is 7.92. The second kappa shape index (κ2) is 11.6. The van der Waals surface area contributed by atoms with Crippen molar-refractivity contribution in [2.45, 2.75) is 59.2 Å². The number of sulfonamides is 1. The Morgan fingerprint density at radius 2 is 1.75 bits per heavy atom. The molecule has 1 aliphatic heterocycles. The average molecular weight is 518 g/mol. The second-order valence-corrected chi connectivity index (χ2v) is 11.2. The zero-order chi connectivity index (χ0) is 26.5. The number of hydrogen-bond acceptors (Lipinski definition) is 6. The van der Waals surface area contributed by atoms with Crippen molar-refractivity contribution in [3.8, 4) is 11.5 Å². The molecular weight excluding hydrogens is 482 g/mol. The number of ether oxygens (including phenoxy) is 2. The number of hydrogen-bond donors (Lipinski definition) is 1. The number of carbonyl (C=O) groups is 2. The monoisotopic (exact) mass is 517 g/mol. The van der Waals surface area contributed by atoms with E-state index < -0.39 is 16.1 Å². The highest BCUT2D eigenvalue weighted by Crippen LogP contribution is 2.36. The van der Waals surface area contributed by atoms with Gasteiger partial charge in [0.15, 0.2) is 11.5 Å². The normalized spacial score (nSPS) is 13.4. The molecule has 2 aromatic rings. The van der Waals surface area contributed by atoms with Gasteiger partial charge in [-0.05, 0) is 57.4 Å². The Labute approximate surface area is 213 Å². The Bertz CT molecular complexity index is 1200. The number of nitrogens with one attached hydrogen (secondary N) is 1. The van der Waals surface area contributed by atoms with Gasteiger partial charge in [0.05, 0.1) is 11.9 Å². The van der Waals surface area contributed by atoms with E-state index in [4.69, 9.17) is 9.47 Å². The molecule has 1 unspecified atom stereocenters. The van der Waals surface area contributed by atoms with E-state index in [9.17, 15) is 18.0 Å². The van der Waals surface area contributed by atoms with E-state index >= 15 is 0 Å². The van der Waals surface area contributed by atoms with Crippen LogP contribution in [0.3, 0.4) is 0 Å². The van der Waals surface area contributed by atoms with Crippen LogP contribution in [-0.2, 0) is 26.2 Å². The van der Waals surface area contributed by atoms with Crippen LogP contribution in [0.5, 0.6) is 11.5 Å². The maximum atomic E-state index is 13.4. The zero-order valence-corrected chi connectivity index (χ0v) is 22.3. The lowest BCUT2D eigenvalue weighted by atomic mass is 10.1. The topological polar surface area (TPSA) is 105 Å². The maximum Gasteiger partial charge on any atom is 0.242 e. The molecule has 0 saturated heterocycles. The Hall–Kier alpha value is -3.27. The molecule has 3 rings (SSSR count). The van der Waals surface area contributed by atoms with Crippen molar-refractivity contribution < 1.29 is 27.5 Å². The Balaban J connectivity index is 1.74. The van der Waals surface area contributed by atoms with Crippen LogP contribution in [0, 0.1) is 6.92 Å². The molecule has 1 heterocycles. The van der Waals surface area contributed by atoms with E-state index in [1.54, 1.807) is 30.0 Å². The Morgan fingerprint density at radius 3 is 2.42 bits per heavy atom. The smallest absolute Gasteiger partial charge is 0.242 e. The van der Waals surface area contributed by atoms with E-state index in [0.29, 0.717) is 17.2 Å². The lowest BCUT2D eigenvalue weighted by Crippen LogP contribution is -2.49. The van der Waals surface area contributed by atoms with Crippen molar-refractivity contribution in [3.63, 3.8) is 0 Å². The van der Waals surface area contributed by atoms with Gasteiger partial charge in [0.1, 0.15) is 6.04 Å². The fourth-order valence-electron chi connectivity index (χ4n) is 4.00. The summed E-state index contributed by atoms with van der Waals surface area (Å²) >= 11 is 0. The molecule has 0 saturated carbocycles. The van der Waals surface area contributed by atoms with Gasteiger partial charge in [-0.25, -0.2) is 8.42 Å². The largest absolute Gasteiger partial charge is 0.454 e. The summed E-state index contributed by atoms with van der Waals surface area (Å²) < 4.78 is 37.0. The summed E-state index contributed by atoms with van der Waals surface area (Å²) in [5, 5.41) is 2.87. The van der Waals surface area contributed by atoms with Crippen molar-refractivity contribution in [2.24, 2.45) is 0 Å². The third kappa shape index (κ3) is 6.90. The number of carbonyl (C=O) groups excluding carboxylic acids is 2. The summed E-state index contributed by atoms with van der Waals surface area (Å²) in [6.45, 7) is 7.90. The highest BCUT2D eigenvalue weighted by atomic mass is 32.2. The van der Waals surface area contributed by atoms with Gasteiger partial charge in [-0.15, -0.1) is 0 Å². The maximum absolute atomic E-state index is 13.4. The minimum atomic E-state index is -3.60. The third-order valence-electron chi connectivity index (χ3n) is 6.00. The molecule has 196 valence electrons. The molecule has 1 N–H and O–H groups in total. The van der Waals surface area contributed by atoms with Gasteiger partial charge in [-0.2, -0.15) is 0 Å². The SMILES string of the molecule is Cc1ccccc1CN(C(=O)CCCN(c1ccc2c(c1)OCO2)S(C)(=O)=O)C(C)C(=O)NC(C)C. The molecule has 10 heteroatoms. The number of aryl methyl sites for hydroxylation is 1. The van der Waals surface area contributed by atoms with Gasteiger partial charge in [0.25, 0.3) is 0 Å². The summed E-state index contributed by atoms with van der Waals surface area (Å²) in [4.78, 5) is 27.7. The van der Waals surface area contributed by atoms with Gasteiger partial charge in [0, 0.05) is 31.6 Å². The molecule has 0 radical (unpaired) electrons. The van der Waals surface area contributed by atoms with Crippen molar-refractivity contribution in [3.05, 3.63) is 53.6 Å². The third-order valence-corrected chi connectivity index (χ3v) is 7.19. The molecule has 0 spiro atoms. The summed E-state index contributed by atoms with van der Waals surface area (Å²) in [6, 6.07) is 11.9. The number of fused-ring (bicyclic) bond motifs is 1. The molecule has 36 heavy (non-hydrogen) atoms. The molecule has 0 aromatic heterocycles. The van der Waals surface area contributed by atoms with Gasteiger partial charge in [-0.3, -0.25) is 13.9 Å². The summed E-state index contributed by atoms with van der Waals surface area (Å²) in [7, 11) is -3.60. The molecule has 9 nitrogen and oxygen atoms in total. The van der Waals surface area contributed by atoms with Crippen LogP contribution in [-0.4, -0.2) is 56.8 Å². The van der Waals surface area contributed by atoms with E-state index in [1.807, 2.05) is 45.0 Å². The summed E-state index contributed by atoms with van der Waals surface area (Å²) in [6.07, 6.45) is 1.49. The lowest BCUT2D eigenvalue weighted by molar-refractivity contribution is -0.140.